The van der Waals surface area contributed by atoms with Crippen LogP contribution in [0, 0.1) is 5.92 Å². The molecule has 5 fully saturated rings. The van der Waals surface area contributed by atoms with E-state index in [1.807, 2.05) is 11.9 Å². The fourth-order valence-corrected chi connectivity index (χ4v) is 6.03. The van der Waals surface area contributed by atoms with Crippen LogP contribution in [0.4, 0.5) is 4.79 Å². The first-order chi connectivity index (χ1) is 16.2. The van der Waals surface area contributed by atoms with Crippen LogP contribution in [0.25, 0.3) is 0 Å². The number of carbonyl (C=O) groups is 2. The van der Waals surface area contributed by atoms with Crippen LogP contribution in [0.3, 0.4) is 0 Å². The van der Waals surface area contributed by atoms with Crippen LogP contribution in [0.5, 0.6) is 0 Å². The van der Waals surface area contributed by atoms with E-state index < -0.39 is 0 Å². The molecule has 0 N–H and O–H groups in total. The highest BCUT2D eigenvalue weighted by atomic mass is 16.7. The van der Waals surface area contributed by atoms with Crippen molar-refractivity contribution in [3.63, 3.8) is 0 Å². The van der Waals surface area contributed by atoms with Gasteiger partial charge in [0, 0.05) is 33.2 Å². The van der Waals surface area contributed by atoms with Gasteiger partial charge in [0.05, 0.1) is 18.2 Å². The van der Waals surface area contributed by atoms with E-state index in [1.165, 1.54) is 5.57 Å². The van der Waals surface area contributed by atoms with E-state index in [4.69, 9.17) is 14.2 Å². The van der Waals surface area contributed by atoms with Gasteiger partial charge in [-0.2, -0.15) is 0 Å². The van der Waals surface area contributed by atoms with Crippen molar-refractivity contribution in [1.29, 1.82) is 0 Å². The van der Waals surface area contributed by atoms with Crippen LogP contribution in [-0.2, 0) is 19.0 Å². The number of ether oxygens (including phenoxy) is 3. The molecule has 190 valence electrons. The molecule has 1 unspecified atom stereocenters. The third-order valence-electron chi connectivity index (χ3n) is 8.66. The maximum absolute atomic E-state index is 12.6. The Morgan fingerprint density at radius 1 is 1.18 bits per heavy atom. The predicted octanol–water partition coefficient (Wildman–Crippen LogP) is 2.81. The number of amides is 2. The number of piperazine rings is 1. The van der Waals surface area contributed by atoms with Crippen molar-refractivity contribution in [2.24, 2.45) is 5.92 Å². The molecule has 4 heterocycles. The van der Waals surface area contributed by atoms with Crippen molar-refractivity contribution in [2.75, 3.05) is 46.3 Å². The number of carbonyl (C=O) groups excluding carboxylic acids is 2. The monoisotopic (exact) mass is 475 g/mol. The Balaban J connectivity index is 0.976. The lowest BCUT2D eigenvalue weighted by atomic mass is 9.80. The summed E-state index contributed by atoms with van der Waals surface area (Å²) in [6, 6.07) is 0. The quantitative estimate of drug-likeness (QED) is 0.416. The Morgan fingerprint density at radius 2 is 1.91 bits per heavy atom. The highest BCUT2D eigenvalue weighted by Crippen LogP contribution is 2.60. The number of likely N-dealkylation sites (tertiary alicyclic amines) is 1. The highest BCUT2D eigenvalue weighted by molar-refractivity contribution is 5.78. The van der Waals surface area contributed by atoms with E-state index in [0.717, 1.165) is 71.2 Å². The Morgan fingerprint density at radius 3 is 2.59 bits per heavy atom. The minimum Gasteiger partial charge on any atom is -0.446 e. The molecule has 2 amide bonds. The van der Waals surface area contributed by atoms with E-state index in [-0.39, 0.29) is 41.5 Å². The second-order valence-corrected chi connectivity index (χ2v) is 11.6. The van der Waals surface area contributed by atoms with Gasteiger partial charge in [0.2, 0.25) is 5.91 Å². The van der Waals surface area contributed by atoms with Crippen molar-refractivity contribution < 1.29 is 23.8 Å². The molecule has 4 saturated heterocycles. The molecule has 3 atom stereocenters. The van der Waals surface area contributed by atoms with Crippen molar-refractivity contribution in [1.82, 2.24) is 14.7 Å². The Hall–Kier alpha value is -1.64. The molecule has 0 aromatic heterocycles. The molecule has 5 rings (SSSR count). The zero-order valence-electron chi connectivity index (χ0n) is 21.3. The molecule has 8 nitrogen and oxygen atoms in total. The van der Waals surface area contributed by atoms with Crippen LogP contribution in [-0.4, -0.2) is 103 Å². The van der Waals surface area contributed by atoms with Gasteiger partial charge in [-0.05, 0) is 71.8 Å². The van der Waals surface area contributed by atoms with Crippen molar-refractivity contribution in [3.8, 4) is 0 Å². The molecule has 0 bridgehead atoms. The SMILES string of the molecule is CC(C)=CC[C@H]1O[C@@]1(C)C1OC12CCC(OC(=O)N1CC(CCN3CCN(C)C(=O)C3)C1)CC2. The lowest BCUT2D eigenvalue weighted by Crippen LogP contribution is -2.53. The molecular formula is C26H41N3O5. The van der Waals surface area contributed by atoms with Gasteiger partial charge >= 0.3 is 6.09 Å². The van der Waals surface area contributed by atoms with Crippen LogP contribution >= 0.6 is 0 Å². The molecule has 5 aliphatic rings. The number of hydrogen-bond donors (Lipinski definition) is 0. The Bertz CT molecular complexity index is 828. The van der Waals surface area contributed by atoms with E-state index in [1.54, 1.807) is 4.90 Å². The predicted molar refractivity (Wildman–Crippen MR) is 127 cm³/mol. The zero-order valence-corrected chi connectivity index (χ0v) is 21.3. The second-order valence-electron chi connectivity index (χ2n) is 11.6. The summed E-state index contributed by atoms with van der Waals surface area (Å²) in [4.78, 5) is 30.3. The summed E-state index contributed by atoms with van der Waals surface area (Å²) in [5, 5.41) is 0. The summed E-state index contributed by atoms with van der Waals surface area (Å²) in [6.07, 6.45) is 8.11. The molecule has 4 aliphatic heterocycles. The van der Waals surface area contributed by atoms with Crippen LogP contribution in [0.15, 0.2) is 11.6 Å². The van der Waals surface area contributed by atoms with Crippen LogP contribution < -0.4 is 0 Å². The number of hydrogen-bond acceptors (Lipinski definition) is 6. The van der Waals surface area contributed by atoms with Gasteiger partial charge in [0.1, 0.15) is 17.8 Å². The van der Waals surface area contributed by atoms with Gasteiger partial charge in [0.15, 0.2) is 0 Å². The smallest absolute Gasteiger partial charge is 0.410 e. The minimum atomic E-state index is -0.167. The van der Waals surface area contributed by atoms with E-state index in [2.05, 4.69) is 31.7 Å². The second kappa shape index (κ2) is 9.10. The number of allylic oxidation sites excluding steroid dienone is 1. The van der Waals surface area contributed by atoms with Gasteiger partial charge in [0.25, 0.3) is 0 Å². The van der Waals surface area contributed by atoms with E-state index in [9.17, 15) is 9.59 Å². The first-order valence-corrected chi connectivity index (χ1v) is 13.1. The number of rotatable bonds is 7. The van der Waals surface area contributed by atoms with E-state index >= 15 is 0 Å². The van der Waals surface area contributed by atoms with Gasteiger partial charge < -0.3 is 24.0 Å². The largest absolute Gasteiger partial charge is 0.446 e. The standard InChI is InChI=1S/C26H41N3O5/c1-18(2)5-6-21-25(3,33-21)23-26(34-23)10-7-20(8-11-26)32-24(31)29-15-19(16-29)9-12-28-14-13-27(4)22(30)17-28/h5,19-21,23H,6-17H2,1-4H3/t20?,21-,23?,25-,26?/m1/s1. The van der Waals surface area contributed by atoms with Crippen LogP contribution in [0.1, 0.15) is 59.3 Å². The average molecular weight is 476 g/mol. The molecule has 34 heavy (non-hydrogen) atoms. The topological polar surface area (TPSA) is 78.2 Å². The summed E-state index contributed by atoms with van der Waals surface area (Å²) < 4.78 is 18.1. The first kappa shape index (κ1) is 24.1. The molecule has 1 saturated carbocycles. The van der Waals surface area contributed by atoms with Crippen molar-refractivity contribution in [3.05, 3.63) is 11.6 Å². The number of nitrogens with zero attached hydrogens (tertiary/aromatic N) is 3. The van der Waals surface area contributed by atoms with Crippen LogP contribution in [0.2, 0.25) is 0 Å². The average Bonchev–Trinajstić information content (AvgIpc) is 3.65. The Labute approximate surface area is 203 Å². The normalized spacial score (nSPS) is 38.0. The Kier molecular flexibility index (Phi) is 6.44. The fourth-order valence-electron chi connectivity index (χ4n) is 6.03. The maximum Gasteiger partial charge on any atom is 0.410 e. The van der Waals surface area contributed by atoms with Gasteiger partial charge in [-0.25, -0.2) is 4.79 Å². The van der Waals surface area contributed by atoms with E-state index in [0.29, 0.717) is 12.5 Å². The first-order valence-electron chi connectivity index (χ1n) is 13.1. The molecule has 0 aromatic rings. The third-order valence-corrected chi connectivity index (χ3v) is 8.66. The lowest BCUT2D eigenvalue weighted by molar-refractivity contribution is -0.134. The minimum absolute atomic E-state index is 0.00669. The molecule has 1 aliphatic carbocycles. The van der Waals surface area contributed by atoms with Gasteiger partial charge in [-0.15, -0.1) is 0 Å². The lowest BCUT2D eigenvalue weighted by Gasteiger charge is -2.41. The van der Waals surface area contributed by atoms with Gasteiger partial charge in [-0.1, -0.05) is 11.6 Å². The molecule has 1 spiro atoms. The number of epoxide rings is 2. The summed E-state index contributed by atoms with van der Waals surface area (Å²) in [5.41, 5.74) is 1.11. The third kappa shape index (κ3) is 4.86. The van der Waals surface area contributed by atoms with Crippen molar-refractivity contribution >= 4 is 12.0 Å². The summed E-state index contributed by atoms with van der Waals surface area (Å²) in [5.74, 6) is 0.709. The maximum atomic E-state index is 12.6. The molecule has 0 aromatic carbocycles. The number of likely N-dealkylation sites (N-methyl/N-ethyl adjacent to an activating group) is 1. The zero-order chi connectivity index (χ0) is 24.1. The summed E-state index contributed by atoms with van der Waals surface area (Å²) >= 11 is 0. The molecule has 8 heteroatoms. The van der Waals surface area contributed by atoms with Gasteiger partial charge in [-0.3, -0.25) is 9.69 Å². The fraction of sp³-hybridized carbons (Fsp3) is 0.846. The highest BCUT2D eigenvalue weighted by Gasteiger charge is 2.73. The molecule has 0 radical (unpaired) electrons. The summed E-state index contributed by atoms with van der Waals surface area (Å²) in [6.45, 7) is 11.2. The summed E-state index contributed by atoms with van der Waals surface area (Å²) in [7, 11) is 1.86. The van der Waals surface area contributed by atoms with Crippen molar-refractivity contribution in [2.45, 2.75) is 88.8 Å². The molecular weight excluding hydrogens is 434 g/mol.